The Morgan fingerprint density at radius 3 is 2.61 bits per heavy atom. The third-order valence-corrected chi connectivity index (χ3v) is 5.20. The Bertz CT molecular complexity index is 963. The minimum Gasteiger partial charge on any atom is -0.459 e. The number of furan rings is 1. The molecule has 1 aromatic heterocycles. The SMILES string of the molecule is Cc1cc(-c2ccc(CNc3cccc(NC(=O)CC(C)C)c3)o2)ccc1Br. The molecule has 0 fully saturated rings. The van der Waals surface area contributed by atoms with Gasteiger partial charge in [-0.2, -0.15) is 0 Å². The number of carbonyl (C=O) groups is 1. The number of amides is 1. The van der Waals surface area contributed by atoms with E-state index in [2.05, 4.69) is 39.6 Å². The van der Waals surface area contributed by atoms with E-state index in [1.54, 1.807) is 0 Å². The molecule has 3 aromatic rings. The van der Waals surface area contributed by atoms with Crippen molar-refractivity contribution in [2.24, 2.45) is 5.92 Å². The van der Waals surface area contributed by atoms with Crippen LogP contribution < -0.4 is 10.6 Å². The second-order valence-corrected chi connectivity index (χ2v) is 8.16. The van der Waals surface area contributed by atoms with Crippen LogP contribution in [0.4, 0.5) is 11.4 Å². The third kappa shape index (κ3) is 5.49. The number of rotatable bonds is 7. The maximum atomic E-state index is 11.9. The second kappa shape index (κ2) is 9.11. The molecule has 28 heavy (non-hydrogen) atoms. The van der Waals surface area contributed by atoms with Gasteiger partial charge in [0.1, 0.15) is 11.5 Å². The van der Waals surface area contributed by atoms with E-state index in [-0.39, 0.29) is 5.91 Å². The lowest BCUT2D eigenvalue weighted by Gasteiger charge is -2.10. The largest absolute Gasteiger partial charge is 0.459 e. The minimum absolute atomic E-state index is 0.0348. The molecule has 0 unspecified atom stereocenters. The highest BCUT2D eigenvalue weighted by Gasteiger charge is 2.08. The molecular formula is C23H25BrN2O2. The van der Waals surface area contributed by atoms with Crippen LogP contribution in [0.15, 0.2) is 63.5 Å². The zero-order valence-corrected chi connectivity index (χ0v) is 18.0. The van der Waals surface area contributed by atoms with E-state index in [1.807, 2.05) is 62.4 Å². The fourth-order valence-corrected chi connectivity index (χ4v) is 3.15. The van der Waals surface area contributed by atoms with Crippen molar-refractivity contribution in [1.29, 1.82) is 0 Å². The van der Waals surface area contributed by atoms with Gasteiger partial charge in [-0.25, -0.2) is 0 Å². The molecule has 0 aliphatic carbocycles. The summed E-state index contributed by atoms with van der Waals surface area (Å²) in [5.41, 5.74) is 3.95. The van der Waals surface area contributed by atoms with Gasteiger partial charge in [0.25, 0.3) is 0 Å². The number of anilines is 2. The molecule has 3 rings (SSSR count). The Labute approximate surface area is 174 Å². The Morgan fingerprint density at radius 2 is 1.86 bits per heavy atom. The highest BCUT2D eigenvalue weighted by molar-refractivity contribution is 9.10. The Kier molecular flexibility index (Phi) is 6.57. The van der Waals surface area contributed by atoms with Crippen molar-refractivity contribution in [3.8, 4) is 11.3 Å². The molecule has 2 aromatic carbocycles. The molecule has 0 aliphatic heterocycles. The van der Waals surface area contributed by atoms with Crippen LogP contribution in [0, 0.1) is 12.8 Å². The first kappa shape index (κ1) is 20.2. The van der Waals surface area contributed by atoms with Gasteiger partial charge in [-0.1, -0.05) is 41.9 Å². The molecule has 1 amide bonds. The number of hydrogen-bond acceptors (Lipinski definition) is 3. The number of carbonyl (C=O) groups excluding carboxylic acids is 1. The minimum atomic E-state index is 0.0348. The molecular weight excluding hydrogens is 416 g/mol. The van der Waals surface area contributed by atoms with E-state index in [9.17, 15) is 4.79 Å². The maximum absolute atomic E-state index is 11.9. The van der Waals surface area contributed by atoms with Gasteiger partial charge in [-0.3, -0.25) is 4.79 Å². The van der Waals surface area contributed by atoms with E-state index in [1.165, 1.54) is 5.56 Å². The van der Waals surface area contributed by atoms with E-state index in [0.717, 1.165) is 32.9 Å². The van der Waals surface area contributed by atoms with Crippen molar-refractivity contribution in [1.82, 2.24) is 0 Å². The number of nitrogens with one attached hydrogen (secondary N) is 2. The summed E-state index contributed by atoms with van der Waals surface area (Å²) in [7, 11) is 0. The topological polar surface area (TPSA) is 54.3 Å². The summed E-state index contributed by atoms with van der Waals surface area (Å²) < 4.78 is 7.07. The van der Waals surface area contributed by atoms with E-state index in [0.29, 0.717) is 18.9 Å². The Hall–Kier alpha value is -2.53. The molecule has 4 nitrogen and oxygen atoms in total. The van der Waals surface area contributed by atoms with Gasteiger partial charge in [-0.15, -0.1) is 0 Å². The van der Waals surface area contributed by atoms with Crippen LogP contribution >= 0.6 is 15.9 Å². The molecule has 0 radical (unpaired) electrons. The zero-order valence-electron chi connectivity index (χ0n) is 16.4. The molecule has 5 heteroatoms. The van der Waals surface area contributed by atoms with Crippen molar-refractivity contribution < 1.29 is 9.21 Å². The first-order chi connectivity index (χ1) is 13.4. The summed E-state index contributed by atoms with van der Waals surface area (Å²) in [4.78, 5) is 11.9. The van der Waals surface area contributed by atoms with Gasteiger partial charge in [0.15, 0.2) is 0 Å². The highest BCUT2D eigenvalue weighted by Crippen LogP contribution is 2.27. The smallest absolute Gasteiger partial charge is 0.224 e. The predicted molar refractivity (Wildman–Crippen MR) is 118 cm³/mol. The van der Waals surface area contributed by atoms with Crippen LogP contribution in [0.1, 0.15) is 31.6 Å². The average Bonchev–Trinajstić information content (AvgIpc) is 3.11. The van der Waals surface area contributed by atoms with Gasteiger partial charge in [0.2, 0.25) is 5.91 Å². The molecule has 2 N–H and O–H groups in total. The van der Waals surface area contributed by atoms with Crippen LogP contribution in [0.5, 0.6) is 0 Å². The first-order valence-corrected chi connectivity index (χ1v) is 10.2. The molecule has 146 valence electrons. The maximum Gasteiger partial charge on any atom is 0.224 e. The number of benzene rings is 2. The number of hydrogen-bond donors (Lipinski definition) is 2. The van der Waals surface area contributed by atoms with Crippen molar-refractivity contribution in [3.05, 3.63) is 70.4 Å². The zero-order chi connectivity index (χ0) is 20.1. The average molecular weight is 441 g/mol. The van der Waals surface area contributed by atoms with Crippen molar-refractivity contribution in [2.45, 2.75) is 33.7 Å². The van der Waals surface area contributed by atoms with Crippen molar-refractivity contribution >= 4 is 33.2 Å². The van der Waals surface area contributed by atoms with Crippen LogP contribution in [-0.2, 0) is 11.3 Å². The summed E-state index contributed by atoms with van der Waals surface area (Å²) in [5, 5.41) is 6.29. The Balaban J connectivity index is 1.62. The predicted octanol–water partition coefficient (Wildman–Crippen LogP) is 6.61. The fourth-order valence-electron chi connectivity index (χ4n) is 2.90. The molecule has 1 heterocycles. The molecule has 0 saturated heterocycles. The van der Waals surface area contributed by atoms with Crippen LogP contribution in [-0.4, -0.2) is 5.91 Å². The summed E-state index contributed by atoms with van der Waals surface area (Å²) in [5.74, 6) is 2.07. The summed E-state index contributed by atoms with van der Waals surface area (Å²) in [6.07, 6.45) is 0.516. The molecule has 0 saturated carbocycles. The van der Waals surface area contributed by atoms with Crippen molar-refractivity contribution in [2.75, 3.05) is 10.6 Å². The van der Waals surface area contributed by atoms with Gasteiger partial charge in [0, 0.05) is 27.8 Å². The molecule has 0 spiro atoms. The van der Waals surface area contributed by atoms with Crippen LogP contribution in [0.2, 0.25) is 0 Å². The quantitative estimate of drug-likeness (QED) is 0.434. The van der Waals surface area contributed by atoms with Crippen LogP contribution in [0.3, 0.4) is 0 Å². The van der Waals surface area contributed by atoms with E-state index in [4.69, 9.17) is 4.42 Å². The third-order valence-electron chi connectivity index (χ3n) is 4.31. The van der Waals surface area contributed by atoms with Gasteiger partial charge in [0.05, 0.1) is 6.54 Å². The number of halogens is 1. The van der Waals surface area contributed by atoms with Gasteiger partial charge in [-0.05, 0) is 60.9 Å². The highest BCUT2D eigenvalue weighted by atomic mass is 79.9. The Morgan fingerprint density at radius 1 is 1.07 bits per heavy atom. The monoisotopic (exact) mass is 440 g/mol. The second-order valence-electron chi connectivity index (χ2n) is 7.31. The fraction of sp³-hybridized carbons (Fsp3) is 0.261. The standard InChI is InChI=1S/C23H25BrN2O2/c1-15(2)11-23(27)26-19-6-4-5-18(13-19)25-14-20-8-10-22(28-20)17-7-9-21(24)16(3)12-17/h4-10,12-13,15,25H,11,14H2,1-3H3,(H,26,27). The first-order valence-electron chi connectivity index (χ1n) is 9.40. The lowest BCUT2D eigenvalue weighted by atomic mass is 10.1. The number of aryl methyl sites for hydroxylation is 1. The lowest BCUT2D eigenvalue weighted by molar-refractivity contribution is -0.116. The lowest BCUT2D eigenvalue weighted by Crippen LogP contribution is -2.13. The molecule has 0 atom stereocenters. The molecule has 0 aliphatic rings. The van der Waals surface area contributed by atoms with Crippen LogP contribution in [0.25, 0.3) is 11.3 Å². The molecule has 0 bridgehead atoms. The van der Waals surface area contributed by atoms with E-state index < -0.39 is 0 Å². The van der Waals surface area contributed by atoms with Crippen molar-refractivity contribution in [3.63, 3.8) is 0 Å². The summed E-state index contributed by atoms with van der Waals surface area (Å²) in [6.45, 7) is 6.69. The summed E-state index contributed by atoms with van der Waals surface area (Å²) >= 11 is 3.52. The normalized spacial score (nSPS) is 10.9. The van der Waals surface area contributed by atoms with Gasteiger partial charge < -0.3 is 15.1 Å². The van der Waals surface area contributed by atoms with E-state index >= 15 is 0 Å². The van der Waals surface area contributed by atoms with Gasteiger partial charge >= 0.3 is 0 Å². The summed E-state index contributed by atoms with van der Waals surface area (Å²) in [6, 6.07) is 17.9.